The van der Waals surface area contributed by atoms with Crippen LogP contribution in [0.4, 0.5) is 0 Å². The highest BCUT2D eigenvalue weighted by Crippen LogP contribution is 2.48. The molecule has 0 fully saturated rings. The molecule has 1 atom stereocenters. The molecule has 2 N–H and O–H groups in total. The summed E-state index contributed by atoms with van der Waals surface area (Å²) in [5.41, 5.74) is 5.98. The molecule has 2 aliphatic rings. The van der Waals surface area contributed by atoms with Gasteiger partial charge < -0.3 is 15.0 Å². The average molecular weight is 384 g/mol. The Balaban J connectivity index is 1.77. The standard InChI is InChI=1S/C24H20N2O3/c1-3-29-24(28)19-13(2)26-22-15-9-4-5-10-16(15)23(27)21(22)20(19)17-12-25-18-11-7-6-8-14(17)18/h4-12,20,25-26H,3H2,1-2H3. The molecule has 5 heteroatoms. The highest BCUT2D eigenvalue weighted by molar-refractivity contribution is 6.23. The van der Waals surface area contributed by atoms with Gasteiger partial charge in [0.05, 0.1) is 23.8 Å². The van der Waals surface area contributed by atoms with Crippen LogP contribution in [0.3, 0.4) is 0 Å². The minimum Gasteiger partial charge on any atom is -0.463 e. The third-order valence-electron chi connectivity index (χ3n) is 5.68. The number of para-hydroxylation sites is 1. The number of carbonyl (C=O) groups excluding carboxylic acids is 2. The Morgan fingerprint density at radius 1 is 1.07 bits per heavy atom. The van der Waals surface area contributed by atoms with Gasteiger partial charge in [0.1, 0.15) is 0 Å². The number of Topliss-reactive ketones (excluding diaryl/α,β-unsaturated/α-hetero) is 1. The number of carbonyl (C=O) groups is 2. The first-order valence-corrected chi connectivity index (χ1v) is 9.71. The van der Waals surface area contributed by atoms with Crippen molar-refractivity contribution < 1.29 is 14.3 Å². The van der Waals surface area contributed by atoms with Crippen molar-refractivity contribution in [2.45, 2.75) is 19.8 Å². The molecule has 5 nitrogen and oxygen atoms in total. The van der Waals surface area contributed by atoms with E-state index in [1.54, 1.807) is 6.92 Å². The average Bonchev–Trinajstić information content (AvgIpc) is 3.27. The van der Waals surface area contributed by atoms with E-state index in [2.05, 4.69) is 10.3 Å². The second-order valence-electron chi connectivity index (χ2n) is 7.27. The lowest BCUT2D eigenvalue weighted by atomic mass is 9.79. The summed E-state index contributed by atoms with van der Waals surface area (Å²) in [6.07, 6.45) is 1.90. The topological polar surface area (TPSA) is 71.2 Å². The van der Waals surface area contributed by atoms with Gasteiger partial charge in [-0.2, -0.15) is 0 Å². The highest BCUT2D eigenvalue weighted by atomic mass is 16.5. The van der Waals surface area contributed by atoms with E-state index in [0.29, 0.717) is 22.4 Å². The maximum absolute atomic E-state index is 13.4. The minimum absolute atomic E-state index is 0.0484. The quantitative estimate of drug-likeness (QED) is 0.661. The number of hydrogen-bond donors (Lipinski definition) is 2. The molecule has 0 saturated heterocycles. The Kier molecular flexibility index (Phi) is 3.91. The van der Waals surface area contributed by atoms with Crippen LogP contribution < -0.4 is 5.32 Å². The fraction of sp³-hybridized carbons (Fsp3) is 0.167. The summed E-state index contributed by atoms with van der Waals surface area (Å²) in [5, 5.41) is 4.31. The van der Waals surface area contributed by atoms with Gasteiger partial charge in [0, 0.05) is 39.5 Å². The van der Waals surface area contributed by atoms with Crippen LogP contribution >= 0.6 is 0 Å². The fourth-order valence-electron chi connectivity index (χ4n) is 4.45. The molecule has 2 aromatic carbocycles. The Bertz CT molecular complexity index is 1250. The summed E-state index contributed by atoms with van der Waals surface area (Å²) >= 11 is 0. The summed E-state index contributed by atoms with van der Waals surface area (Å²) in [4.78, 5) is 29.7. The lowest BCUT2D eigenvalue weighted by Crippen LogP contribution is -2.29. The van der Waals surface area contributed by atoms with Crippen molar-refractivity contribution in [2.75, 3.05) is 6.61 Å². The van der Waals surface area contributed by atoms with Crippen LogP contribution in [0.5, 0.6) is 0 Å². The fourth-order valence-corrected chi connectivity index (χ4v) is 4.45. The molecular weight excluding hydrogens is 364 g/mol. The van der Waals surface area contributed by atoms with Crippen molar-refractivity contribution in [1.82, 2.24) is 10.3 Å². The van der Waals surface area contributed by atoms with Crippen LogP contribution in [0.1, 0.15) is 41.3 Å². The molecule has 1 unspecified atom stereocenters. The molecule has 5 rings (SSSR count). The predicted octanol–water partition coefficient (Wildman–Crippen LogP) is 4.30. The normalized spacial score (nSPS) is 18.0. The second-order valence-corrected chi connectivity index (χ2v) is 7.27. The van der Waals surface area contributed by atoms with Gasteiger partial charge >= 0.3 is 5.97 Å². The molecule has 1 aliphatic carbocycles. The van der Waals surface area contributed by atoms with Crippen molar-refractivity contribution in [3.8, 4) is 0 Å². The Morgan fingerprint density at radius 2 is 1.79 bits per heavy atom. The maximum Gasteiger partial charge on any atom is 0.336 e. The van der Waals surface area contributed by atoms with E-state index in [4.69, 9.17) is 4.74 Å². The zero-order valence-electron chi connectivity index (χ0n) is 16.2. The number of hydrogen-bond acceptors (Lipinski definition) is 4. The Hall–Kier alpha value is -3.60. The van der Waals surface area contributed by atoms with E-state index in [9.17, 15) is 9.59 Å². The molecule has 0 radical (unpaired) electrons. The first-order chi connectivity index (χ1) is 14.1. The van der Waals surface area contributed by atoms with Gasteiger partial charge in [0.25, 0.3) is 0 Å². The summed E-state index contributed by atoms with van der Waals surface area (Å²) in [6, 6.07) is 15.5. The smallest absolute Gasteiger partial charge is 0.336 e. The van der Waals surface area contributed by atoms with Gasteiger partial charge in [-0.05, 0) is 25.5 Å². The molecule has 144 valence electrons. The van der Waals surface area contributed by atoms with Crippen LogP contribution in [0, 0.1) is 0 Å². The van der Waals surface area contributed by atoms with E-state index in [1.165, 1.54) is 0 Å². The Labute approximate surface area is 168 Å². The molecule has 3 aromatic rings. The number of fused-ring (bicyclic) bond motifs is 3. The predicted molar refractivity (Wildman–Crippen MR) is 111 cm³/mol. The first kappa shape index (κ1) is 17.5. The number of dihydropyridines is 1. The SMILES string of the molecule is CCOC(=O)C1=C(C)NC2=C(C(=O)c3ccccc32)C1c1c[nH]c2ccccc12. The number of ketones is 1. The third-order valence-corrected chi connectivity index (χ3v) is 5.68. The largest absolute Gasteiger partial charge is 0.463 e. The summed E-state index contributed by atoms with van der Waals surface area (Å²) in [6.45, 7) is 3.92. The molecule has 1 aromatic heterocycles. The number of ether oxygens (including phenoxy) is 1. The van der Waals surface area contributed by atoms with Gasteiger partial charge in [0.15, 0.2) is 5.78 Å². The molecule has 0 saturated carbocycles. The van der Waals surface area contributed by atoms with E-state index >= 15 is 0 Å². The van der Waals surface area contributed by atoms with Crippen molar-refractivity contribution in [3.05, 3.63) is 88.3 Å². The summed E-state index contributed by atoms with van der Waals surface area (Å²) in [7, 11) is 0. The number of nitrogens with one attached hydrogen (secondary N) is 2. The number of rotatable bonds is 3. The lowest BCUT2D eigenvalue weighted by Gasteiger charge is -2.28. The second kappa shape index (κ2) is 6.48. The maximum atomic E-state index is 13.4. The van der Waals surface area contributed by atoms with Crippen LogP contribution in [-0.2, 0) is 9.53 Å². The summed E-state index contributed by atoms with van der Waals surface area (Å²) in [5.74, 6) is -0.947. The number of aromatic nitrogens is 1. The van der Waals surface area contributed by atoms with Gasteiger partial charge in [0.2, 0.25) is 0 Å². The molecule has 0 amide bonds. The number of esters is 1. The summed E-state index contributed by atoms with van der Waals surface area (Å²) < 4.78 is 5.37. The molecule has 1 aliphatic heterocycles. The van der Waals surface area contributed by atoms with Crippen molar-refractivity contribution in [2.24, 2.45) is 0 Å². The van der Waals surface area contributed by atoms with E-state index in [0.717, 1.165) is 27.7 Å². The van der Waals surface area contributed by atoms with Gasteiger partial charge in [-0.25, -0.2) is 4.79 Å². The lowest BCUT2D eigenvalue weighted by molar-refractivity contribution is -0.138. The van der Waals surface area contributed by atoms with Crippen molar-refractivity contribution in [3.63, 3.8) is 0 Å². The highest BCUT2D eigenvalue weighted by Gasteiger charge is 2.43. The zero-order chi connectivity index (χ0) is 20.1. The van der Waals surface area contributed by atoms with E-state index in [1.807, 2.05) is 61.7 Å². The first-order valence-electron chi connectivity index (χ1n) is 9.71. The van der Waals surface area contributed by atoms with Crippen molar-refractivity contribution >= 4 is 28.4 Å². The molecule has 29 heavy (non-hydrogen) atoms. The van der Waals surface area contributed by atoms with Crippen molar-refractivity contribution in [1.29, 1.82) is 0 Å². The zero-order valence-corrected chi connectivity index (χ0v) is 16.2. The number of H-pyrrole nitrogens is 1. The van der Waals surface area contributed by atoms with Gasteiger partial charge in [-0.1, -0.05) is 42.5 Å². The molecule has 0 bridgehead atoms. The van der Waals surface area contributed by atoms with Crippen LogP contribution in [0.25, 0.3) is 16.6 Å². The van der Waals surface area contributed by atoms with E-state index in [-0.39, 0.29) is 12.4 Å². The van der Waals surface area contributed by atoms with Crippen LogP contribution in [0.15, 0.2) is 71.6 Å². The molecule has 0 spiro atoms. The van der Waals surface area contributed by atoms with Crippen LogP contribution in [0.2, 0.25) is 0 Å². The number of allylic oxidation sites excluding steroid dienone is 2. The molecular formula is C24H20N2O3. The monoisotopic (exact) mass is 384 g/mol. The minimum atomic E-state index is -0.499. The van der Waals surface area contributed by atoms with E-state index < -0.39 is 11.9 Å². The number of benzene rings is 2. The van der Waals surface area contributed by atoms with Gasteiger partial charge in [-0.3, -0.25) is 4.79 Å². The van der Waals surface area contributed by atoms with Gasteiger partial charge in [-0.15, -0.1) is 0 Å². The Morgan fingerprint density at radius 3 is 2.59 bits per heavy atom. The van der Waals surface area contributed by atoms with Crippen LogP contribution in [-0.4, -0.2) is 23.3 Å². The third kappa shape index (κ3) is 2.47. The molecule has 2 heterocycles. The number of aromatic amines is 1.